The first kappa shape index (κ1) is 12.4. The summed E-state index contributed by atoms with van der Waals surface area (Å²) in [6, 6.07) is 8.70. The second-order valence-corrected chi connectivity index (χ2v) is 3.91. The third-order valence-corrected chi connectivity index (χ3v) is 2.71. The Kier molecular flexibility index (Phi) is 3.82. The van der Waals surface area contributed by atoms with Gasteiger partial charge in [-0.25, -0.2) is 9.59 Å². The molecule has 5 nitrogen and oxygen atoms in total. The van der Waals surface area contributed by atoms with Crippen molar-refractivity contribution in [1.82, 2.24) is 4.90 Å². The molecule has 1 aromatic carbocycles. The lowest BCUT2D eigenvalue weighted by molar-refractivity contribution is -0.139. The van der Waals surface area contributed by atoms with Gasteiger partial charge >= 0.3 is 12.1 Å². The van der Waals surface area contributed by atoms with Gasteiger partial charge in [0.15, 0.2) is 6.73 Å². The molecule has 0 spiro atoms. The maximum Gasteiger partial charge on any atom is 0.413 e. The summed E-state index contributed by atoms with van der Waals surface area (Å²) < 4.78 is 9.91. The average molecular weight is 248 g/mol. The second kappa shape index (κ2) is 5.53. The lowest BCUT2D eigenvalue weighted by Crippen LogP contribution is -2.38. The van der Waals surface area contributed by atoms with E-state index < -0.39 is 18.1 Å². The molecule has 0 aliphatic carbocycles. The van der Waals surface area contributed by atoms with Gasteiger partial charge in [-0.3, -0.25) is 4.90 Å². The van der Waals surface area contributed by atoms with Crippen molar-refractivity contribution in [3.8, 4) is 0 Å². The minimum Gasteiger partial charge on any atom is -0.444 e. The molecule has 0 unspecified atom stereocenters. The van der Waals surface area contributed by atoms with E-state index in [1.807, 2.05) is 30.3 Å². The van der Waals surface area contributed by atoms with Crippen LogP contribution in [0.5, 0.6) is 0 Å². The SMILES string of the molecule is [CH2]C[C@H]1C(=O)OCN1C(=O)OCc1ccccc1. The number of cyclic esters (lactones) is 1. The second-order valence-electron chi connectivity index (χ2n) is 3.91. The molecule has 0 saturated carbocycles. The van der Waals surface area contributed by atoms with E-state index in [4.69, 9.17) is 9.47 Å². The third kappa shape index (κ3) is 2.61. The standard InChI is InChI=1S/C13H14NO4/c1-2-11-12(15)18-9-14(11)13(16)17-8-10-6-4-3-5-7-10/h3-7,11H,1-2,8-9H2/t11-/m0/s1. The van der Waals surface area contributed by atoms with E-state index in [2.05, 4.69) is 6.92 Å². The molecule has 1 radical (unpaired) electrons. The van der Waals surface area contributed by atoms with Crippen molar-refractivity contribution in [2.75, 3.05) is 6.73 Å². The van der Waals surface area contributed by atoms with Crippen LogP contribution < -0.4 is 0 Å². The highest BCUT2D eigenvalue weighted by Gasteiger charge is 2.37. The van der Waals surface area contributed by atoms with Crippen molar-refractivity contribution in [2.45, 2.75) is 19.1 Å². The van der Waals surface area contributed by atoms with Crippen LogP contribution in [0.1, 0.15) is 12.0 Å². The van der Waals surface area contributed by atoms with Crippen molar-refractivity contribution >= 4 is 12.1 Å². The van der Waals surface area contributed by atoms with Crippen LogP contribution in [-0.2, 0) is 20.9 Å². The molecule has 18 heavy (non-hydrogen) atoms. The predicted molar refractivity (Wildman–Crippen MR) is 63.2 cm³/mol. The number of carbonyl (C=O) groups excluding carboxylic acids is 2. The first-order valence-electron chi connectivity index (χ1n) is 5.65. The van der Waals surface area contributed by atoms with Crippen LogP contribution in [0.3, 0.4) is 0 Å². The van der Waals surface area contributed by atoms with Crippen molar-refractivity contribution in [3.63, 3.8) is 0 Å². The minimum absolute atomic E-state index is 0.0629. The summed E-state index contributed by atoms with van der Waals surface area (Å²) in [5, 5.41) is 0. The van der Waals surface area contributed by atoms with Crippen LogP contribution in [0.4, 0.5) is 4.79 Å². The monoisotopic (exact) mass is 248 g/mol. The zero-order chi connectivity index (χ0) is 13.0. The molecule has 1 atom stereocenters. The van der Waals surface area contributed by atoms with Gasteiger partial charge in [-0.15, -0.1) is 0 Å². The zero-order valence-electron chi connectivity index (χ0n) is 9.87. The van der Waals surface area contributed by atoms with Crippen LogP contribution in [0.2, 0.25) is 0 Å². The normalized spacial score (nSPS) is 18.6. The van der Waals surface area contributed by atoms with Gasteiger partial charge in [-0.05, 0) is 12.0 Å². The number of nitrogens with zero attached hydrogens (tertiary/aromatic N) is 1. The highest BCUT2D eigenvalue weighted by atomic mass is 16.6. The molecule has 1 heterocycles. The van der Waals surface area contributed by atoms with Crippen LogP contribution >= 0.6 is 0 Å². The summed E-state index contributed by atoms with van der Waals surface area (Å²) in [7, 11) is 0. The molecule has 1 aromatic rings. The van der Waals surface area contributed by atoms with E-state index >= 15 is 0 Å². The van der Waals surface area contributed by atoms with Crippen LogP contribution in [0, 0.1) is 6.92 Å². The van der Waals surface area contributed by atoms with E-state index in [9.17, 15) is 9.59 Å². The fourth-order valence-corrected chi connectivity index (χ4v) is 1.70. The Balaban J connectivity index is 1.90. The number of hydrogen-bond donors (Lipinski definition) is 0. The molecular weight excluding hydrogens is 234 g/mol. The summed E-state index contributed by atoms with van der Waals surface area (Å²) in [5.41, 5.74) is 0.892. The summed E-state index contributed by atoms with van der Waals surface area (Å²) in [5.74, 6) is -0.429. The lowest BCUT2D eigenvalue weighted by Gasteiger charge is -2.18. The van der Waals surface area contributed by atoms with E-state index in [0.29, 0.717) is 0 Å². The molecule has 0 aromatic heterocycles. The molecule has 0 N–H and O–H groups in total. The predicted octanol–water partition coefficient (Wildman–Crippen LogP) is 1.73. The summed E-state index contributed by atoms with van der Waals surface area (Å²) >= 11 is 0. The molecule has 1 aliphatic rings. The van der Waals surface area contributed by atoms with Gasteiger partial charge < -0.3 is 9.47 Å². The van der Waals surface area contributed by atoms with Gasteiger partial charge in [0.1, 0.15) is 12.6 Å². The number of hydrogen-bond acceptors (Lipinski definition) is 4. The first-order chi connectivity index (χ1) is 8.72. The number of esters is 1. The summed E-state index contributed by atoms with van der Waals surface area (Å²) in [4.78, 5) is 24.3. The zero-order valence-corrected chi connectivity index (χ0v) is 9.87. The van der Waals surface area contributed by atoms with Gasteiger partial charge in [0, 0.05) is 0 Å². The quantitative estimate of drug-likeness (QED) is 0.764. The molecule has 1 saturated heterocycles. The molecule has 95 valence electrons. The highest BCUT2D eigenvalue weighted by molar-refractivity contribution is 5.83. The van der Waals surface area contributed by atoms with Crippen LogP contribution in [-0.4, -0.2) is 29.7 Å². The number of ether oxygens (including phenoxy) is 2. The largest absolute Gasteiger partial charge is 0.444 e. The molecular formula is C13H14NO4. The maximum absolute atomic E-state index is 11.8. The Morgan fingerprint density at radius 1 is 1.44 bits per heavy atom. The van der Waals surface area contributed by atoms with Crippen molar-refractivity contribution in [2.24, 2.45) is 0 Å². The Hall–Kier alpha value is -2.04. The van der Waals surface area contributed by atoms with Crippen LogP contribution in [0.25, 0.3) is 0 Å². The van der Waals surface area contributed by atoms with Gasteiger partial charge in [-0.2, -0.15) is 0 Å². The average Bonchev–Trinajstić information content (AvgIpc) is 2.78. The number of amides is 1. The lowest BCUT2D eigenvalue weighted by atomic mass is 10.2. The molecule has 5 heteroatoms. The molecule has 2 rings (SSSR count). The third-order valence-electron chi connectivity index (χ3n) is 2.71. The number of rotatable bonds is 3. The fourth-order valence-electron chi connectivity index (χ4n) is 1.70. The Labute approximate surface area is 105 Å². The van der Waals surface area contributed by atoms with E-state index in [0.717, 1.165) is 5.56 Å². The molecule has 0 bridgehead atoms. The Morgan fingerprint density at radius 3 is 2.83 bits per heavy atom. The number of carbonyl (C=O) groups is 2. The first-order valence-corrected chi connectivity index (χ1v) is 5.65. The smallest absolute Gasteiger partial charge is 0.413 e. The van der Waals surface area contributed by atoms with E-state index in [1.165, 1.54) is 4.90 Å². The number of benzene rings is 1. The van der Waals surface area contributed by atoms with Gasteiger partial charge in [0.05, 0.1) is 0 Å². The molecule has 1 amide bonds. The van der Waals surface area contributed by atoms with Crippen molar-refractivity contribution in [3.05, 3.63) is 42.8 Å². The van der Waals surface area contributed by atoms with E-state index in [1.54, 1.807) is 0 Å². The maximum atomic E-state index is 11.8. The van der Waals surface area contributed by atoms with Gasteiger partial charge in [-0.1, -0.05) is 37.3 Å². The summed E-state index contributed by atoms with van der Waals surface area (Å²) in [6.45, 7) is 3.73. The van der Waals surface area contributed by atoms with Gasteiger partial charge in [0.25, 0.3) is 0 Å². The molecule has 1 aliphatic heterocycles. The van der Waals surface area contributed by atoms with E-state index in [-0.39, 0.29) is 19.8 Å². The minimum atomic E-state index is -0.631. The van der Waals surface area contributed by atoms with Crippen LogP contribution in [0.15, 0.2) is 30.3 Å². The highest BCUT2D eigenvalue weighted by Crippen LogP contribution is 2.16. The Morgan fingerprint density at radius 2 is 2.17 bits per heavy atom. The van der Waals surface area contributed by atoms with Crippen molar-refractivity contribution < 1.29 is 19.1 Å². The van der Waals surface area contributed by atoms with Gasteiger partial charge in [0.2, 0.25) is 0 Å². The summed E-state index contributed by atoms with van der Waals surface area (Å²) in [6.07, 6.45) is -0.280. The fraction of sp³-hybridized carbons (Fsp3) is 0.308. The van der Waals surface area contributed by atoms with Crippen molar-refractivity contribution in [1.29, 1.82) is 0 Å². The molecule has 1 fully saturated rings. The topological polar surface area (TPSA) is 55.8 Å². The Bertz CT molecular complexity index is 432.